The Kier molecular flexibility index (Phi) is 59.4. The summed E-state index contributed by atoms with van der Waals surface area (Å²) in [6.45, 7) is 1.64. The van der Waals surface area contributed by atoms with Gasteiger partial charge in [0.2, 0.25) is 5.91 Å². The minimum absolute atomic E-state index is 0.232. The van der Waals surface area contributed by atoms with Gasteiger partial charge in [-0.15, -0.1) is 0 Å². The molecule has 3 fully saturated rings. The van der Waals surface area contributed by atoms with Gasteiger partial charge >= 0.3 is 0 Å². The summed E-state index contributed by atoms with van der Waals surface area (Å²) in [6, 6.07) is -0.984. The van der Waals surface area contributed by atoms with Gasteiger partial charge in [-0.05, 0) is 83.5 Å². The summed E-state index contributed by atoms with van der Waals surface area (Å²) < 4.78 is 34.5. The van der Waals surface area contributed by atoms with Crippen LogP contribution in [0.3, 0.4) is 0 Å². The zero-order valence-electron chi connectivity index (χ0n) is 64.9. The molecule has 0 spiro atoms. The summed E-state index contributed by atoms with van der Waals surface area (Å²) in [7, 11) is 0. The number of rotatable bonds is 65. The zero-order chi connectivity index (χ0) is 76.0. The number of ether oxygens (including phenoxy) is 6. The second-order valence-electron chi connectivity index (χ2n) is 29.2. The Labute approximate surface area is 634 Å². The summed E-state index contributed by atoms with van der Waals surface area (Å²) in [6.07, 6.45) is 63.5. The van der Waals surface area contributed by atoms with Crippen LogP contribution in [-0.4, -0.2) is 193 Å². The number of amides is 1. The van der Waals surface area contributed by atoms with Gasteiger partial charge in [0.1, 0.15) is 73.2 Å². The summed E-state index contributed by atoms with van der Waals surface area (Å²) in [5, 5.41) is 121. The quantitative estimate of drug-likeness (QED) is 0.0199. The lowest BCUT2D eigenvalue weighted by Crippen LogP contribution is -2.66. The third kappa shape index (κ3) is 44.8. The van der Waals surface area contributed by atoms with Crippen LogP contribution >= 0.6 is 0 Å². The highest BCUT2D eigenvalue weighted by atomic mass is 16.8. The van der Waals surface area contributed by atoms with Crippen molar-refractivity contribution < 1.29 is 89.4 Å². The molecule has 606 valence electrons. The van der Waals surface area contributed by atoms with E-state index in [-0.39, 0.29) is 18.9 Å². The van der Waals surface area contributed by atoms with Crippen LogP contribution in [0.2, 0.25) is 0 Å². The Morgan fingerprint density at radius 2 is 0.657 bits per heavy atom. The predicted octanol–water partition coefficient (Wildman–Crippen LogP) is 14.5. The van der Waals surface area contributed by atoms with Crippen molar-refractivity contribution in [2.45, 2.75) is 401 Å². The third-order valence-electron chi connectivity index (χ3n) is 20.1. The van der Waals surface area contributed by atoms with Crippen LogP contribution in [0, 0.1) is 0 Å². The Bertz CT molecular complexity index is 2320. The van der Waals surface area contributed by atoms with E-state index in [0.29, 0.717) is 6.42 Å². The maximum absolute atomic E-state index is 13.5. The number of hydrogen-bond donors (Lipinski definition) is 12. The third-order valence-corrected chi connectivity index (χ3v) is 20.1. The first-order chi connectivity index (χ1) is 51.3. The van der Waals surface area contributed by atoms with Gasteiger partial charge in [-0.25, -0.2) is 0 Å². The van der Waals surface area contributed by atoms with E-state index < -0.39 is 124 Å². The number of unbranched alkanes of at least 4 members (excludes halogenated alkanes) is 33. The number of aliphatic hydroxyl groups excluding tert-OH is 11. The summed E-state index contributed by atoms with van der Waals surface area (Å²) in [5.74, 6) is -0.281. The van der Waals surface area contributed by atoms with E-state index in [1.54, 1.807) is 6.08 Å². The highest BCUT2D eigenvalue weighted by Gasteiger charge is 2.54. The maximum atomic E-state index is 13.5. The van der Waals surface area contributed by atoms with Crippen molar-refractivity contribution in [3.8, 4) is 0 Å². The van der Waals surface area contributed by atoms with Crippen molar-refractivity contribution in [2.24, 2.45) is 0 Å². The second-order valence-corrected chi connectivity index (χ2v) is 29.2. The van der Waals surface area contributed by atoms with Crippen LogP contribution in [0.1, 0.15) is 296 Å². The van der Waals surface area contributed by atoms with Crippen molar-refractivity contribution in [3.63, 3.8) is 0 Å². The van der Waals surface area contributed by atoms with Crippen LogP contribution in [0.5, 0.6) is 0 Å². The zero-order valence-corrected chi connectivity index (χ0v) is 64.9. The molecule has 17 unspecified atom stereocenters. The summed E-state index contributed by atoms with van der Waals surface area (Å²) in [5.41, 5.74) is 0. The first-order valence-corrected chi connectivity index (χ1v) is 41.6. The monoisotopic (exact) mass is 1480 g/mol. The predicted molar refractivity (Wildman–Crippen MR) is 420 cm³/mol. The minimum Gasteiger partial charge on any atom is -0.394 e. The molecule has 0 bridgehead atoms. The topological polar surface area (TPSA) is 307 Å². The van der Waals surface area contributed by atoms with Gasteiger partial charge in [0.25, 0.3) is 0 Å². The van der Waals surface area contributed by atoms with Gasteiger partial charge in [-0.1, -0.05) is 316 Å². The first kappa shape index (κ1) is 95.7. The van der Waals surface area contributed by atoms with E-state index in [0.717, 1.165) is 109 Å². The largest absolute Gasteiger partial charge is 0.394 e. The summed E-state index contributed by atoms with van der Waals surface area (Å²) in [4.78, 5) is 13.5. The van der Waals surface area contributed by atoms with E-state index >= 15 is 0 Å². The molecule has 3 aliphatic heterocycles. The Morgan fingerprint density at radius 1 is 0.352 bits per heavy atom. The molecule has 19 heteroatoms. The number of hydrogen-bond acceptors (Lipinski definition) is 18. The van der Waals surface area contributed by atoms with E-state index in [1.165, 1.54) is 161 Å². The standard InChI is InChI=1S/C86H149NO18/c1-3-5-7-9-11-13-15-17-19-21-23-25-27-29-30-31-32-33-34-35-36-37-38-40-42-44-46-48-50-52-54-56-58-60-62-64-74(92)87-69(70(91)63-61-59-57-55-53-51-49-47-45-43-41-39-28-26-24-22-20-18-16-14-12-10-8-6-4-2)68-100-84-80(98)77(95)82(72(66-89)102-84)105-86-81(99)78(96)83(73(67-90)103-86)104-85-79(97)76(94)75(93)71(65-88)101-85/h5,7,11,13,17,19,23,25,29-30,32-33,35-36,38,40,61,63,69-73,75-86,88-91,93-99H,3-4,6,8-10,12,14-16,18,20-22,24,26-28,31,34,37,39,41-60,62,64-68H2,1-2H3,(H,87,92)/b7-5-,13-11-,19-17-,25-23-,30-29-,33-32-,36-35-,40-38-,63-61+. The van der Waals surface area contributed by atoms with Gasteiger partial charge < -0.3 is 89.9 Å². The van der Waals surface area contributed by atoms with Crippen molar-refractivity contribution >= 4 is 5.91 Å². The lowest BCUT2D eigenvalue weighted by atomic mass is 9.96. The lowest BCUT2D eigenvalue weighted by molar-refractivity contribution is -0.379. The van der Waals surface area contributed by atoms with Crippen LogP contribution in [-0.2, 0) is 33.2 Å². The Balaban J connectivity index is 1.37. The normalized spacial score (nSPS) is 26.4. The van der Waals surface area contributed by atoms with Gasteiger partial charge in [-0.2, -0.15) is 0 Å². The molecule has 0 aliphatic carbocycles. The van der Waals surface area contributed by atoms with Crippen molar-refractivity contribution in [1.82, 2.24) is 5.32 Å². The van der Waals surface area contributed by atoms with Crippen molar-refractivity contribution in [1.29, 1.82) is 0 Å². The number of aliphatic hydroxyl groups is 11. The Hall–Kier alpha value is -3.55. The molecule has 0 saturated carbocycles. The van der Waals surface area contributed by atoms with Gasteiger partial charge in [0, 0.05) is 6.42 Å². The van der Waals surface area contributed by atoms with Crippen LogP contribution in [0.15, 0.2) is 109 Å². The molecule has 3 aliphatic rings. The fourth-order valence-corrected chi connectivity index (χ4v) is 13.4. The fourth-order valence-electron chi connectivity index (χ4n) is 13.4. The molecular formula is C86H149NO18. The van der Waals surface area contributed by atoms with Gasteiger partial charge in [0.15, 0.2) is 18.9 Å². The van der Waals surface area contributed by atoms with E-state index in [9.17, 15) is 61.0 Å². The maximum Gasteiger partial charge on any atom is 0.220 e. The van der Waals surface area contributed by atoms with Crippen LogP contribution in [0.4, 0.5) is 0 Å². The molecular weight excluding hydrogens is 1330 g/mol. The van der Waals surface area contributed by atoms with Crippen molar-refractivity contribution in [2.75, 3.05) is 26.4 Å². The van der Waals surface area contributed by atoms with Gasteiger partial charge in [0.05, 0.1) is 38.6 Å². The van der Waals surface area contributed by atoms with Crippen LogP contribution < -0.4 is 5.32 Å². The summed E-state index contributed by atoms with van der Waals surface area (Å²) >= 11 is 0. The molecule has 3 rings (SSSR count). The smallest absolute Gasteiger partial charge is 0.220 e. The number of carbonyl (C=O) groups excluding carboxylic acids is 1. The molecule has 0 aromatic heterocycles. The number of nitrogens with one attached hydrogen (secondary N) is 1. The fraction of sp³-hybridized carbons (Fsp3) is 0.779. The molecule has 1 amide bonds. The molecule has 3 heterocycles. The molecule has 12 N–H and O–H groups in total. The van der Waals surface area contributed by atoms with Crippen molar-refractivity contribution in [3.05, 3.63) is 109 Å². The second kappa shape index (κ2) is 65.2. The molecule has 17 atom stereocenters. The number of allylic oxidation sites excluding steroid dienone is 17. The molecule has 0 aromatic rings. The van der Waals surface area contributed by atoms with Gasteiger partial charge in [-0.3, -0.25) is 4.79 Å². The molecule has 0 aromatic carbocycles. The van der Waals surface area contributed by atoms with E-state index in [4.69, 9.17) is 28.4 Å². The molecule has 19 nitrogen and oxygen atoms in total. The average molecular weight is 1490 g/mol. The van der Waals surface area contributed by atoms with Crippen LogP contribution in [0.25, 0.3) is 0 Å². The average Bonchev–Trinajstić information content (AvgIpc) is 0.781. The minimum atomic E-state index is -1.98. The van der Waals surface area contributed by atoms with E-state index in [1.807, 2.05) is 6.08 Å². The molecule has 105 heavy (non-hydrogen) atoms. The highest BCUT2D eigenvalue weighted by molar-refractivity contribution is 5.76. The SMILES string of the molecule is CC/C=C\C/C=C\C/C=C\C/C=C\C/C=C\C/C=C\C/C=C\C/C=C\CCCCCCCCCCCCC(=O)NC(COC1OC(CO)C(OC2OC(CO)C(OC3OC(CO)C(O)C(O)C3O)C(O)C2O)C(O)C1O)C(O)/C=C/CCCCCCCCCCCCCCCCCCCCCCCCC. The number of carbonyl (C=O) groups is 1. The molecule has 3 saturated heterocycles. The lowest BCUT2D eigenvalue weighted by Gasteiger charge is -2.48. The Morgan fingerprint density at radius 3 is 1.03 bits per heavy atom. The molecule has 0 radical (unpaired) electrons. The highest BCUT2D eigenvalue weighted by Crippen LogP contribution is 2.33. The first-order valence-electron chi connectivity index (χ1n) is 41.6. The van der Waals surface area contributed by atoms with E-state index in [2.05, 4.69) is 116 Å².